The Bertz CT molecular complexity index is 404. The van der Waals surface area contributed by atoms with E-state index in [0.29, 0.717) is 18.5 Å². The zero-order chi connectivity index (χ0) is 14.5. The smallest absolute Gasteiger partial charge is 0.419 e. The topological polar surface area (TPSA) is 21.3 Å². The monoisotopic (exact) mass is 279 g/mol. The van der Waals surface area contributed by atoms with E-state index in [9.17, 15) is 17.6 Å². The minimum Gasteiger partial charge on any atom is -0.492 e. The molecular weight excluding hydrogens is 262 g/mol. The van der Waals surface area contributed by atoms with Crippen LogP contribution in [0.4, 0.5) is 17.6 Å². The Morgan fingerprint density at radius 1 is 1.26 bits per heavy atom. The van der Waals surface area contributed by atoms with Crippen molar-refractivity contribution in [1.29, 1.82) is 0 Å². The summed E-state index contributed by atoms with van der Waals surface area (Å²) in [6.07, 6.45) is -4.71. The molecule has 0 fully saturated rings. The highest BCUT2D eigenvalue weighted by atomic mass is 19.4. The molecule has 0 aliphatic carbocycles. The van der Waals surface area contributed by atoms with Gasteiger partial charge in [0.25, 0.3) is 0 Å². The van der Waals surface area contributed by atoms with Crippen LogP contribution >= 0.6 is 0 Å². The number of benzene rings is 1. The summed E-state index contributed by atoms with van der Waals surface area (Å²) in [6.45, 7) is 5.65. The van der Waals surface area contributed by atoms with Crippen molar-refractivity contribution in [2.24, 2.45) is 5.92 Å². The lowest BCUT2D eigenvalue weighted by Crippen LogP contribution is -2.25. The molecule has 0 saturated carbocycles. The van der Waals surface area contributed by atoms with Gasteiger partial charge in [-0.3, -0.25) is 0 Å². The van der Waals surface area contributed by atoms with Crippen LogP contribution in [0.15, 0.2) is 18.2 Å². The van der Waals surface area contributed by atoms with Gasteiger partial charge < -0.3 is 10.1 Å². The largest absolute Gasteiger partial charge is 0.492 e. The molecule has 0 saturated heterocycles. The molecule has 1 rings (SSSR count). The molecule has 2 nitrogen and oxygen atoms in total. The van der Waals surface area contributed by atoms with Crippen LogP contribution in [0.3, 0.4) is 0 Å². The van der Waals surface area contributed by atoms with Crippen LogP contribution in [0.1, 0.15) is 19.4 Å². The highest BCUT2D eigenvalue weighted by Crippen LogP contribution is 2.33. The predicted octanol–water partition coefficient (Wildman–Crippen LogP) is 3.47. The van der Waals surface area contributed by atoms with E-state index in [1.54, 1.807) is 0 Å². The lowest BCUT2D eigenvalue weighted by molar-refractivity contribution is -0.140. The first kappa shape index (κ1) is 15.8. The Balaban J connectivity index is 2.51. The molecule has 19 heavy (non-hydrogen) atoms. The van der Waals surface area contributed by atoms with Crippen LogP contribution in [0, 0.1) is 11.7 Å². The molecule has 108 valence electrons. The van der Waals surface area contributed by atoms with Crippen molar-refractivity contribution in [3.63, 3.8) is 0 Å². The molecule has 1 aromatic carbocycles. The van der Waals surface area contributed by atoms with Gasteiger partial charge in [-0.15, -0.1) is 0 Å². The first-order valence-corrected chi connectivity index (χ1v) is 6.01. The van der Waals surface area contributed by atoms with E-state index >= 15 is 0 Å². The highest BCUT2D eigenvalue weighted by molar-refractivity contribution is 5.31. The number of alkyl halides is 3. The van der Waals surface area contributed by atoms with Crippen molar-refractivity contribution < 1.29 is 22.3 Å². The Labute approximate surface area is 109 Å². The molecule has 0 aliphatic rings. The number of hydrogen-bond acceptors (Lipinski definition) is 2. The summed E-state index contributed by atoms with van der Waals surface area (Å²) in [5.41, 5.74) is -1.31. The molecule has 0 atom stereocenters. The fraction of sp³-hybridized carbons (Fsp3) is 0.538. The van der Waals surface area contributed by atoms with E-state index in [1.807, 2.05) is 13.8 Å². The minimum atomic E-state index is -4.71. The Morgan fingerprint density at radius 3 is 2.53 bits per heavy atom. The standard InChI is InChI=1S/C13H17F4NO/c1-9(2)8-18-5-6-19-10-3-4-12(14)11(7-10)13(15,16)17/h3-4,7,9,18H,5-6,8H2,1-2H3. The normalized spacial score (nSPS) is 11.9. The zero-order valence-corrected chi connectivity index (χ0v) is 10.9. The summed E-state index contributed by atoms with van der Waals surface area (Å²) in [6, 6.07) is 2.63. The molecular formula is C13H17F4NO. The molecule has 1 aromatic rings. The van der Waals surface area contributed by atoms with E-state index in [2.05, 4.69) is 5.32 Å². The van der Waals surface area contributed by atoms with Gasteiger partial charge in [0, 0.05) is 6.54 Å². The summed E-state index contributed by atoms with van der Waals surface area (Å²) in [5.74, 6) is -0.791. The van der Waals surface area contributed by atoms with E-state index in [-0.39, 0.29) is 12.4 Å². The average molecular weight is 279 g/mol. The van der Waals surface area contributed by atoms with Crippen molar-refractivity contribution in [1.82, 2.24) is 5.32 Å². The number of hydrogen-bond donors (Lipinski definition) is 1. The quantitative estimate of drug-likeness (QED) is 0.636. The third-order valence-electron chi connectivity index (χ3n) is 2.34. The van der Waals surface area contributed by atoms with E-state index in [4.69, 9.17) is 4.74 Å². The van der Waals surface area contributed by atoms with E-state index in [1.165, 1.54) is 6.07 Å². The van der Waals surface area contributed by atoms with Crippen LogP contribution in [0.25, 0.3) is 0 Å². The lowest BCUT2D eigenvalue weighted by atomic mass is 10.2. The van der Waals surface area contributed by atoms with Gasteiger partial charge in [0.1, 0.15) is 18.2 Å². The summed E-state index contributed by atoms with van der Waals surface area (Å²) in [4.78, 5) is 0. The van der Waals surface area contributed by atoms with Crippen molar-refractivity contribution >= 4 is 0 Å². The van der Waals surface area contributed by atoms with Crippen molar-refractivity contribution in [3.05, 3.63) is 29.6 Å². The molecule has 0 heterocycles. The van der Waals surface area contributed by atoms with Crippen LogP contribution in [-0.2, 0) is 6.18 Å². The molecule has 6 heteroatoms. The SMILES string of the molecule is CC(C)CNCCOc1ccc(F)c(C(F)(F)F)c1. The molecule has 0 aromatic heterocycles. The van der Waals surface area contributed by atoms with Gasteiger partial charge in [-0.1, -0.05) is 13.8 Å². The Morgan fingerprint density at radius 2 is 1.95 bits per heavy atom. The van der Waals surface area contributed by atoms with Crippen LogP contribution in [0.5, 0.6) is 5.75 Å². The molecule has 0 unspecified atom stereocenters. The summed E-state index contributed by atoms with van der Waals surface area (Å²) >= 11 is 0. The van der Waals surface area contributed by atoms with Crippen molar-refractivity contribution in [3.8, 4) is 5.75 Å². The van der Waals surface area contributed by atoms with Crippen LogP contribution in [-0.4, -0.2) is 19.7 Å². The van der Waals surface area contributed by atoms with Gasteiger partial charge in [0.05, 0.1) is 5.56 Å². The zero-order valence-electron chi connectivity index (χ0n) is 10.9. The molecule has 0 bridgehead atoms. The number of ether oxygens (including phenoxy) is 1. The van der Waals surface area contributed by atoms with Crippen LogP contribution < -0.4 is 10.1 Å². The van der Waals surface area contributed by atoms with Crippen molar-refractivity contribution in [2.75, 3.05) is 19.7 Å². The summed E-state index contributed by atoms with van der Waals surface area (Å²) in [5, 5.41) is 3.09. The maximum atomic E-state index is 13.0. The molecule has 0 aliphatic heterocycles. The Kier molecular flexibility index (Phi) is 5.60. The van der Waals surface area contributed by atoms with E-state index < -0.39 is 17.6 Å². The number of halogens is 4. The molecule has 0 amide bonds. The third kappa shape index (κ3) is 5.46. The predicted molar refractivity (Wildman–Crippen MR) is 64.6 cm³/mol. The lowest BCUT2D eigenvalue weighted by Gasteiger charge is -2.12. The minimum absolute atomic E-state index is 0.0140. The van der Waals surface area contributed by atoms with Gasteiger partial charge in [0.2, 0.25) is 0 Å². The molecule has 0 spiro atoms. The average Bonchev–Trinajstić information content (AvgIpc) is 2.28. The first-order chi connectivity index (χ1) is 8.80. The highest BCUT2D eigenvalue weighted by Gasteiger charge is 2.34. The van der Waals surface area contributed by atoms with E-state index in [0.717, 1.165) is 12.6 Å². The molecule has 1 N–H and O–H groups in total. The number of rotatable bonds is 6. The second-order valence-corrected chi connectivity index (χ2v) is 4.59. The Hall–Kier alpha value is -1.30. The van der Waals surface area contributed by atoms with Crippen molar-refractivity contribution in [2.45, 2.75) is 20.0 Å². The fourth-order valence-electron chi connectivity index (χ4n) is 1.44. The van der Waals surface area contributed by atoms with Gasteiger partial charge in [-0.05, 0) is 30.7 Å². The summed E-state index contributed by atoms with van der Waals surface area (Å²) in [7, 11) is 0. The molecule has 0 radical (unpaired) electrons. The maximum Gasteiger partial charge on any atom is 0.419 e. The maximum absolute atomic E-state index is 13.0. The van der Waals surface area contributed by atoms with Gasteiger partial charge in [0.15, 0.2) is 0 Å². The second-order valence-electron chi connectivity index (χ2n) is 4.59. The second kappa shape index (κ2) is 6.75. The fourth-order valence-corrected chi connectivity index (χ4v) is 1.44. The number of nitrogens with one attached hydrogen (secondary N) is 1. The summed E-state index contributed by atoms with van der Waals surface area (Å²) < 4.78 is 55.5. The third-order valence-corrected chi connectivity index (χ3v) is 2.34. The van der Waals surface area contributed by atoms with Gasteiger partial charge in [-0.2, -0.15) is 13.2 Å². The van der Waals surface area contributed by atoms with Gasteiger partial charge in [-0.25, -0.2) is 4.39 Å². The van der Waals surface area contributed by atoms with Crippen LogP contribution in [0.2, 0.25) is 0 Å². The van der Waals surface area contributed by atoms with Gasteiger partial charge >= 0.3 is 6.18 Å². The first-order valence-electron chi connectivity index (χ1n) is 6.01.